The summed E-state index contributed by atoms with van der Waals surface area (Å²) in [5.74, 6) is 1.90. The summed E-state index contributed by atoms with van der Waals surface area (Å²) < 4.78 is 10.5. The summed E-state index contributed by atoms with van der Waals surface area (Å²) >= 11 is 5.60. The van der Waals surface area contributed by atoms with Crippen LogP contribution >= 0.6 is 11.6 Å². The number of ether oxygens (including phenoxy) is 1. The number of nitrogens with zero attached hydrogens (tertiary/aromatic N) is 2. The second-order valence-electron chi connectivity index (χ2n) is 3.96. The second-order valence-corrected chi connectivity index (χ2v) is 4.34. The third-order valence-electron chi connectivity index (χ3n) is 2.62. The number of halogens is 1. The summed E-state index contributed by atoms with van der Waals surface area (Å²) in [6.07, 6.45) is 1.46. The predicted octanol–water partition coefficient (Wildman–Crippen LogP) is 2.51. The number of anilines is 1. The zero-order valence-corrected chi connectivity index (χ0v) is 11.5. The number of aromatic nitrogens is 2. The molecule has 19 heavy (non-hydrogen) atoms. The maximum absolute atomic E-state index is 5.60. The third-order valence-corrected chi connectivity index (χ3v) is 2.81. The number of methoxy groups -OCH3 is 1. The fraction of sp³-hybridized carbons (Fsp3) is 0.385. The molecule has 5 nitrogen and oxygen atoms in total. The first-order chi connectivity index (χ1) is 9.31. The van der Waals surface area contributed by atoms with Crippen molar-refractivity contribution in [1.29, 1.82) is 0 Å². The molecule has 6 heteroatoms. The van der Waals surface area contributed by atoms with Crippen LogP contribution in [0.25, 0.3) is 0 Å². The molecule has 0 radical (unpaired) electrons. The van der Waals surface area contributed by atoms with Crippen molar-refractivity contribution in [1.82, 2.24) is 10.2 Å². The zero-order valence-electron chi connectivity index (χ0n) is 10.7. The molecule has 0 saturated heterocycles. The first-order valence-electron chi connectivity index (χ1n) is 6.07. The van der Waals surface area contributed by atoms with Crippen LogP contribution < -0.4 is 10.1 Å². The van der Waals surface area contributed by atoms with Gasteiger partial charge in [0.2, 0.25) is 5.89 Å². The normalized spacial score (nSPS) is 10.4. The minimum absolute atomic E-state index is 0.439. The lowest BCUT2D eigenvalue weighted by molar-refractivity contribution is 0.414. The number of hydrogen-bond acceptors (Lipinski definition) is 5. The van der Waals surface area contributed by atoms with E-state index in [0.29, 0.717) is 24.2 Å². The van der Waals surface area contributed by atoms with E-state index in [0.717, 1.165) is 18.7 Å². The Morgan fingerprint density at radius 3 is 2.68 bits per heavy atom. The average molecular weight is 282 g/mol. The molecule has 102 valence electrons. The van der Waals surface area contributed by atoms with Crippen LogP contribution in [0, 0.1) is 0 Å². The van der Waals surface area contributed by atoms with Gasteiger partial charge in [-0.2, -0.15) is 0 Å². The van der Waals surface area contributed by atoms with E-state index >= 15 is 0 Å². The van der Waals surface area contributed by atoms with Gasteiger partial charge >= 0.3 is 6.01 Å². The van der Waals surface area contributed by atoms with Gasteiger partial charge in [0.05, 0.1) is 7.11 Å². The van der Waals surface area contributed by atoms with Gasteiger partial charge in [-0.15, -0.1) is 16.7 Å². The Morgan fingerprint density at radius 1 is 1.21 bits per heavy atom. The van der Waals surface area contributed by atoms with Crippen LogP contribution in [0.2, 0.25) is 0 Å². The number of hydrogen-bond donors (Lipinski definition) is 1. The van der Waals surface area contributed by atoms with Gasteiger partial charge in [-0.1, -0.05) is 17.2 Å². The molecule has 0 aliphatic rings. The SMILES string of the molecule is COc1ccc(CCNc2nnc(CCCl)o2)cc1. The molecular weight excluding hydrogens is 266 g/mol. The number of rotatable bonds is 7. The van der Waals surface area contributed by atoms with Gasteiger partial charge < -0.3 is 14.5 Å². The van der Waals surface area contributed by atoms with Gasteiger partial charge in [0.1, 0.15) is 5.75 Å². The van der Waals surface area contributed by atoms with Crippen molar-refractivity contribution in [3.63, 3.8) is 0 Å². The van der Waals surface area contributed by atoms with Crippen LogP contribution in [0.1, 0.15) is 11.5 Å². The summed E-state index contributed by atoms with van der Waals surface area (Å²) in [4.78, 5) is 0. The smallest absolute Gasteiger partial charge is 0.315 e. The lowest BCUT2D eigenvalue weighted by Gasteiger charge is -2.03. The minimum atomic E-state index is 0.439. The van der Waals surface area contributed by atoms with Gasteiger partial charge in [0.15, 0.2) is 0 Å². The van der Waals surface area contributed by atoms with Gasteiger partial charge in [0.25, 0.3) is 0 Å². The second kappa shape index (κ2) is 6.99. The van der Waals surface area contributed by atoms with Crippen LogP contribution in [0.3, 0.4) is 0 Å². The fourth-order valence-electron chi connectivity index (χ4n) is 1.61. The highest BCUT2D eigenvalue weighted by Gasteiger charge is 2.04. The van der Waals surface area contributed by atoms with Crippen LogP contribution in [0.5, 0.6) is 5.75 Å². The van der Waals surface area contributed by atoms with Gasteiger partial charge in [-0.3, -0.25) is 0 Å². The number of nitrogens with one attached hydrogen (secondary N) is 1. The Hall–Kier alpha value is -1.75. The zero-order chi connectivity index (χ0) is 13.5. The molecule has 0 atom stereocenters. The third kappa shape index (κ3) is 4.13. The molecule has 0 saturated carbocycles. The quantitative estimate of drug-likeness (QED) is 0.790. The Morgan fingerprint density at radius 2 is 2.00 bits per heavy atom. The molecule has 2 rings (SSSR count). The molecule has 0 unspecified atom stereocenters. The summed E-state index contributed by atoms with van der Waals surface area (Å²) in [6, 6.07) is 8.40. The number of benzene rings is 1. The molecule has 1 heterocycles. The van der Waals surface area contributed by atoms with E-state index in [1.54, 1.807) is 7.11 Å². The van der Waals surface area contributed by atoms with Crippen molar-refractivity contribution < 1.29 is 9.15 Å². The molecule has 1 aromatic carbocycles. The van der Waals surface area contributed by atoms with E-state index in [1.165, 1.54) is 5.56 Å². The Balaban J connectivity index is 1.78. The minimum Gasteiger partial charge on any atom is -0.497 e. The number of aryl methyl sites for hydroxylation is 1. The molecule has 0 bridgehead atoms. The topological polar surface area (TPSA) is 60.2 Å². The summed E-state index contributed by atoms with van der Waals surface area (Å²) in [5, 5.41) is 10.8. The molecule has 1 N–H and O–H groups in total. The van der Waals surface area contributed by atoms with Crippen molar-refractivity contribution in [3.05, 3.63) is 35.7 Å². The highest BCUT2D eigenvalue weighted by molar-refractivity contribution is 6.17. The summed E-state index contributed by atoms with van der Waals surface area (Å²) in [7, 11) is 1.66. The van der Waals surface area contributed by atoms with Crippen LogP contribution in [-0.4, -0.2) is 29.7 Å². The monoisotopic (exact) mass is 281 g/mol. The molecule has 0 fully saturated rings. The number of alkyl halides is 1. The molecule has 0 aliphatic heterocycles. The van der Waals surface area contributed by atoms with Gasteiger partial charge in [0, 0.05) is 18.8 Å². The fourth-order valence-corrected chi connectivity index (χ4v) is 1.77. The lowest BCUT2D eigenvalue weighted by Crippen LogP contribution is -2.05. The van der Waals surface area contributed by atoms with Crippen molar-refractivity contribution >= 4 is 17.6 Å². The molecule has 0 amide bonds. The van der Waals surface area contributed by atoms with Crippen molar-refractivity contribution in [2.45, 2.75) is 12.8 Å². The summed E-state index contributed by atoms with van der Waals surface area (Å²) in [5.41, 5.74) is 1.22. The highest BCUT2D eigenvalue weighted by atomic mass is 35.5. The lowest BCUT2D eigenvalue weighted by atomic mass is 10.1. The highest BCUT2D eigenvalue weighted by Crippen LogP contribution is 2.12. The molecule has 0 aliphatic carbocycles. The van der Waals surface area contributed by atoms with Crippen LogP contribution in [0.4, 0.5) is 6.01 Å². The molecular formula is C13H16ClN3O2. The maximum atomic E-state index is 5.60. The summed E-state index contributed by atoms with van der Waals surface area (Å²) in [6.45, 7) is 0.731. The Labute approximate surface area is 116 Å². The first kappa shape index (κ1) is 13.7. The Bertz CT molecular complexity index is 499. The van der Waals surface area contributed by atoms with Crippen molar-refractivity contribution in [3.8, 4) is 5.75 Å². The molecule has 2 aromatic rings. The van der Waals surface area contributed by atoms with E-state index < -0.39 is 0 Å². The Kier molecular flexibility index (Phi) is 5.03. The van der Waals surface area contributed by atoms with Gasteiger partial charge in [-0.25, -0.2) is 0 Å². The predicted molar refractivity (Wildman–Crippen MR) is 73.9 cm³/mol. The van der Waals surface area contributed by atoms with E-state index in [4.69, 9.17) is 20.8 Å². The van der Waals surface area contributed by atoms with Crippen LogP contribution in [0.15, 0.2) is 28.7 Å². The molecule has 1 aromatic heterocycles. The van der Waals surface area contributed by atoms with E-state index in [1.807, 2.05) is 24.3 Å². The first-order valence-corrected chi connectivity index (χ1v) is 6.60. The maximum Gasteiger partial charge on any atom is 0.315 e. The van der Waals surface area contributed by atoms with Gasteiger partial charge in [-0.05, 0) is 24.1 Å². The van der Waals surface area contributed by atoms with Crippen LogP contribution in [-0.2, 0) is 12.8 Å². The molecule has 0 spiro atoms. The van der Waals surface area contributed by atoms with E-state index in [9.17, 15) is 0 Å². The van der Waals surface area contributed by atoms with Crippen molar-refractivity contribution in [2.24, 2.45) is 0 Å². The van der Waals surface area contributed by atoms with Crippen molar-refractivity contribution in [2.75, 3.05) is 24.9 Å². The standard InChI is InChI=1S/C13H16ClN3O2/c1-18-11-4-2-10(3-5-11)7-9-15-13-17-16-12(19-13)6-8-14/h2-5H,6-9H2,1H3,(H,15,17). The van der Waals surface area contributed by atoms with E-state index in [2.05, 4.69) is 15.5 Å². The van der Waals surface area contributed by atoms with E-state index in [-0.39, 0.29) is 0 Å². The largest absolute Gasteiger partial charge is 0.497 e. The average Bonchev–Trinajstić information content (AvgIpc) is 2.88.